The van der Waals surface area contributed by atoms with Crippen molar-refractivity contribution in [2.24, 2.45) is 11.3 Å². The highest BCUT2D eigenvalue weighted by Gasteiger charge is 2.55. The van der Waals surface area contributed by atoms with Gasteiger partial charge >= 0.3 is 6.09 Å². The fourth-order valence-electron chi connectivity index (χ4n) is 4.32. The molecule has 0 radical (unpaired) electrons. The predicted molar refractivity (Wildman–Crippen MR) is 103 cm³/mol. The van der Waals surface area contributed by atoms with Crippen LogP contribution in [0.1, 0.15) is 45.6 Å². The fraction of sp³-hybridized carbons (Fsp3) is 0.600. The largest absolute Gasteiger partial charge is 0.444 e. The van der Waals surface area contributed by atoms with E-state index in [2.05, 4.69) is 5.32 Å². The van der Waals surface area contributed by atoms with Gasteiger partial charge in [0.15, 0.2) is 0 Å². The summed E-state index contributed by atoms with van der Waals surface area (Å²) in [6.07, 6.45) is 2.14. The Morgan fingerprint density at radius 1 is 1.36 bits per heavy atom. The summed E-state index contributed by atoms with van der Waals surface area (Å²) in [5, 5.41) is 14.1. The van der Waals surface area contributed by atoms with Crippen LogP contribution in [0.15, 0.2) is 24.3 Å². The van der Waals surface area contributed by atoms with Gasteiger partial charge in [-0.05, 0) is 39.5 Å². The number of nitro groups is 1. The molecule has 2 amide bonds. The molecule has 152 valence electrons. The summed E-state index contributed by atoms with van der Waals surface area (Å²) < 4.78 is 5.46. The Labute approximate surface area is 164 Å². The Morgan fingerprint density at radius 3 is 2.75 bits per heavy atom. The second-order valence-corrected chi connectivity index (χ2v) is 8.67. The maximum absolute atomic E-state index is 13.1. The van der Waals surface area contributed by atoms with E-state index in [1.54, 1.807) is 23.1 Å². The SMILES string of the molecule is CC(C)(C)OC(=O)N1C[C@H]2CCC[C@@]2(C(=O)NCc2ccccc2[N+](=O)[O-])C1. The smallest absolute Gasteiger partial charge is 0.410 e. The average molecular weight is 389 g/mol. The van der Waals surface area contributed by atoms with Crippen molar-refractivity contribution >= 4 is 17.7 Å². The third-order valence-corrected chi connectivity index (χ3v) is 5.60. The van der Waals surface area contributed by atoms with Gasteiger partial charge in [0.25, 0.3) is 5.69 Å². The number of amides is 2. The molecule has 2 aliphatic rings. The van der Waals surface area contributed by atoms with Crippen molar-refractivity contribution in [3.05, 3.63) is 39.9 Å². The van der Waals surface area contributed by atoms with Crippen molar-refractivity contribution in [3.63, 3.8) is 0 Å². The number of hydrogen-bond acceptors (Lipinski definition) is 5. The molecule has 2 atom stereocenters. The molecule has 0 bridgehead atoms. The van der Waals surface area contributed by atoms with Gasteiger partial charge in [-0.3, -0.25) is 14.9 Å². The summed E-state index contributed by atoms with van der Waals surface area (Å²) in [6.45, 7) is 6.38. The number of fused-ring (bicyclic) bond motifs is 1. The second-order valence-electron chi connectivity index (χ2n) is 8.67. The lowest BCUT2D eigenvalue weighted by Crippen LogP contribution is -2.45. The van der Waals surface area contributed by atoms with Crippen LogP contribution in [0.5, 0.6) is 0 Å². The highest BCUT2D eigenvalue weighted by Crippen LogP contribution is 2.49. The Kier molecular flexibility index (Phi) is 5.32. The third kappa shape index (κ3) is 3.95. The van der Waals surface area contributed by atoms with E-state index >= 15 is 0 Å². The van der Waals surface area contributed by atoms with Gasteiger partial charge in [-0.2, -0.15) is 0 Å². The molecule has 3 rings (SSSR count). The molecule has 0 aromatic heterocycles. The van der Waals surface area contributed by atoms with Crippen molar-refractivity contribution in [2.45, 2.75) is 52.2 Å². The molecular formula is C20H27N3O5. The van der Waals surface area contributed by atoms with Gasteiger partial charge in [0, 0.05) is 31.3 Å². The van der Waals surface area contributed by atoms with Crippen molar-refractivity contribution in [1.29, 1.82) is 0 Å². The summed E-state index contributed by atoms with van der Waals surface area (Å²) in [5.41, 5.74) is -0.768. The molecule has 1 aliphatic carbocycles. The summed E-state index contributed by atoms with van der Waals surface area (Å²) in [4.78, 5) is 37.9. The predicted octanol–water partition coefficient (Wildman–Crippen LogP) is 3.25. The van der Waals surface area contributed by atoms with Crippen LogP contribution in [0.25, 0.3) is 0 Å². The lowest BCUT2D eigenvalue weighted by atomic mass is 9.80. The Hall–Kier alpha value is -2.64. The third-order valence-electron chi connectivity index (χ3n) is 5.60. The van der Waals surface area contributed by atoms with Crippen LogP contribution in [-0.2, 0) is 16.1 Å². The van der Waals surface area contributed by atoms with E-state index in [1.165, 1.54) is 6.07 Å². The number of nitro benzene ring substituents is 1. The lowest BCUT2D eigenvalue weighted by Gasteiger charge is -2.28. The molecule has 0 unspecified atom stereocenters. The number of para-hydroxylation sites is 1. The summed E-state index contributed by atoms with van der Waals surface area (Å²) >= 11 is 0. The van der Waals surface area contributed by atoms with Crippen LogP contribution < -0.4 is 5.32 Å². The van der Waals surface area contributed by atoms with E-state index < -0.39 is 22.0 Å². The molecule has 1 aromatic carbocycles. The number of benzene rings is 1. The number of nitrogens with one attached hydrogen (secondary N) is 1. The zero-order chi connectivity index (χ0) is 20.5. The van der Waals surface area contributed by atoms with Gasteiger partial charge in [0.05, 0.1) is 10.3 Å². The second kappa shape index (κ2) is 7.41. The van der Waals surface area contributed by atoms with Crippen LogP contribution in [0.4, 0.5) is 10.5 Å². The van der Waals surface area contributed by atoms with Crippen molar-refractivity contribution in [2.75, 3.05) is 13.1 Å². The monoisotopic (exact) mass is 389 g/mol. The van der Waals surface area contributed by atoms with Crippen molar-refractivity contribution < 1.29 is 19.2 Å². The van der Waals surface area contributed by atoms with Crippen molar-refractivity contribution in [3.8, 4) is 0 Å². The highest BCUT2D eigenvalue weighted by atomic mass is 16.6. The minimum Gasteiger partial charge on any atom is -0.444 e. The maximum Gasteiger partial charge on any atom is 0.410 e. The van der Waals surface area contributed by atoms with Crippen LogP contribution in [-0.4, -0.2) is 40.5 Å². The van der Waals surface area contributed by atoms with Gasteiger partial charge in [0.1, 0.15) is 5.60 Å². The molecule has 8 nitrogen and oxygen atoms in total. The standard InChI is InChI=1S/C20H27N3O5/c1-19(2,3)28-18(25)22-12-15-8-6-10-20(15,13-22)17(24)21-11-14-7-4-5-9-16(14)23(26)27/h4-5,7,9,15H,6,8,10-13H2,1-3H3,(H,21,24)/t15-,20-/m1/s1. The van der Waals surface area contributed by atoms with E-state index in [0.717, 1.165) is 12.8 Å². The number of likely N-dealkylation sites (tertiary alicyclic amines) is 1. The number of rotatable bonds is 4. The molecule has 1 aliphatic heterocycles. The van der Waals surface area contributed by atoms with Crippen molar-refractivity contribution in [1.82, 2.24) is 10.2 Å². The molecule has 8 heteroatoms. The first-order chi connectivity index (χ1) is 13.1. The number of nitrogens with zero attached hydrogens (tertiary/aromatic N) is 2. The number of ether oxygens (including phenoxy) is 1. The fourth-order valence-corrected chi connectivity index (χ4v) is 4.32. The summed E-state index contributed by atoms with van der Waals surface area (Å²) in [7, 11) is 0. The van der Waals surface area contributed by atoms with Gasteiger partial charge in [0.2, 0.25) is 5.91 Å². The molecule has 1 saturated carbocycles. The van der Waals surface area contributed by atoms with E-state index in [4.69, 9.17) is 4.74 Å². The Bertz CT molecular complexity index is 788. The normalized spacial score (nSPS) is 24.0. The summed E-state index contributed by atoms with van der Waals surface area (Å²) in [5.74, 6) is -0.0509. The molecule has 1 heterocycles. The molecule has 0 spiro atoms. The molecule has 1 aromatic rings. The molecule has 2 fully saturated rings. The first kappa shape index (κ1) is 20.1. The zero-order valence-corrected chi connectivity index (χ0v) is 16.6. The first-order valence-corrected chi connectivity index (χ1v) is 9.61. The van der Waals surface area contributed by atoms with E-state index in [0.29, 0.717) is 25.1 Å². The minimum atomic E-state index is -0.638. The molecule has 1 saturated heterocycles. The number of hydrogen-bond donors (Lipinski definition) is 1. The molecule has 1 N–H and O–H groups in total. The van der Waals surface area contributed by atoms with Crippen LogP contribution in [0.2, 0.25) is 0 Å². The lowest BCUT2D eigenvalue weighted by molar-refractivity contribution is -0.385. The molecular weight excluding hydrogens is 362 g/mol. The van der Waals surface area contributed by atoms with Gasteiger partial charge in [-0.25, -0.2) is 4.79 Å². The van der Waals surface area contributed by atoms with E-state index in [9.17, 15) is 19.7 Å². The maximum atomic E-state index is 13.1. The van der Waals surface area contributed by atoms with Gasteiger partial charge in [-0.15, -0.1) is 0 Å². The first-order valence-electron chi connectivity index (χ1n) is 9.61. The van der Waals surface area contributed by atoms with E-state index in [1.807, 2.05) is 20.8 Å². The number of carbonyl (C=O) groups excluding carboxylic acids is 2. The van der Waals surface area contributed by atoms with Crippen LogP contribution in [0.3, 0.4) is 0 Å². The van der Waals surface area contributed by atoms with Gasteiger partial charge < -0.3 is 15.0 Å². The minimum absolute atomic E-state index is 0.00919. The summed E-state index contributed by atoms with van der Waals surface area (Å²) in [6, 6.07) is 6.39. The molecule has 28 heavy (non-hydrogen) atoms. The van der Waals surface area contributed by atoms with Crippen LogP contribution in [0, 0.1) is 21.4 Å². The Balaban J connectivity index is 1.70. The van der Waals surface area contributed by atoms with Gasteiger partial charge in [-0.1, -0.05) is 24.6 Å². The highest BCUT2D eigenvalue weighted by molar-refractivity contribution is 5.85. The Morgan fingerprint density at radius 2 is 2.07 bits per heavy atom. The quantitative estimate of drug-likeness (QED) is 0.629. The van der Waals surface area contributed by atoms with Crippen LogP contribution >= 0.6 is 0 Å². The average Bonchev–Trinajstić information content (AvgIpc) is 3.16. The topological polar surface area (TPSA) is 102 Å². The zero-order valence-electron chi connectivity index (χ0n) is 16.6. The number of carbonyl (C=O) groups is 2. The van der Waals surface area contributed by atoms with E-state index in [-0.39, 0.29) is 24.1 Å².